The molecule has 2 aromatic rings. The first-order valence-electron chi connectivity index (χ1n) is 13.1. The van der Waals surface area contributed by atoms with Gasteiger partial charge in [0.1, 0.15) is 5.75 Å². The first kappa shape index (κ1) is 25.2. The van der Waals surface area contributed by atoms with Gasteiger partial charge in [-0.05, 0) is 88.6 Å². The van der Waals surface area contributed by atoms with Crippen molar-refractivity contribution in [2.24, 2.45) is 0 Å². The van der Waals surface area contributed by atoms with Crippen molar-refractivity contribution in [1.29, 1.82) is 0 Å². The molecular formula is C29H39N3O3. The Bertz CT molecular complexity index is 981. The highest BCUT2D eigenvalue weighted by Gasteiger charge is 2.33. The highest BCUT2D eigenvalue weighted by atomic mass is 16.5. The van der Waals surface area contributed by atoms with E-state index in [1.165, 1.54) is 24.8 Å². The normalized spacial score (nSPS) is 16.5. The van der Waals surface area contributed by atoms with Crippen molar-refractivity contribution in [3.8, 4) is 5.75 Å². The van der Waals surface area contributed by atoms with Gasteiger partial charge >= 0.3 is 0 Å². The lowest BCUT2D eigenvalue weighted by atomic mass is 9.95. The third kappa shape index (κ3) is 6.63. The molecule has 6 heteroatoms. The van der Waals surface area contributed by atoms with Gasteiger partial charge in [-0.25, -0.2) is 0 Å². The molecule has 1 saturated heterocycles. The van der Waals surface area contributed by atoms with E-state index in [4.69, 9.17) is 4.74 Å². The second-order valence-corrected chi connectivity index (χ2v) is 10.0. The fourth-order valence-electron chi connectivity index (χ4n) is 5.13. The standard InChI is InChI=1S/C29H39N3O3/c1-30(2)19-7-3-4-8-22-35-26-14-11-24(12-15-26)29(34)31-20-17-25(18-21-31)32-27-10-6-5-9-23(27)13-16-28(32)33/h5-6,9-12,14-15,25H,3-4,7-8,13,16-22H2,1-2H3. The zero-order chi connectivity index (χ0) is 24.6. The van der Waals surface area contributed by atoms with Crippen LogP contribution in [-0.2, 0) is 11.2 Å². The fraction of sp³-hybridized carbons (Fsp3) is 0.517. The van der Waals surface area contributed by atoms with Crippen LogP contribution in [0.1, 0.15) is 60.9 Å². The van der Waals surface area contributed by atoms with Crippen LogP contribution in [0.25, 0.3) is 0 Å². The molecule has 2 heterocycles. The highest BCUT2D eigenvalue weighted by Crippen LogP contribution is 2.32. The van der Waals surface area contributed by atoms with Gasteiger partial charge in [-0.3, -0.25) is 9.59 Å². The Morgan fingerprint density at radius 3 is 2.40 bits per heavy atom. The smallest absolute Gasteiger partial charge is 0.253 e. The first-order chi connectivity index (χ1) is 17.0. The van der Waals surface area contributed by atoms with Crippen molar-refractivity contribution in [2.45, 2.75) is 57.4 Å². The van der Waals surface area contributed by atoms with Gasteiger partial charge in [0.2, 0.25) is 5.91 Å². The molecule has 0 bridgehead atoms. The number of benzene rings is 2. The van der Waals surface area contributed by atoms with Crippen molar-refractivity contribution in [2.75, 3.05) is 45.2 Å². The number of unbranched alkanes of at least 4 members (excludes halogenated alkanes) is 3. The Balaban J connectivity index is 1.23. The van der Waals surface area contributed by atoms with E-state index in [0.29, 0.717) is 31.7 Å². The number of nitrogens with zero attached hydrogens (tertiary/aromatic N) is 3. The second-order valence-electron chi connectivity index (χ2n) is 10.0. The summed E-state index contributed by atoms with van der Waals surface area (Å²) in [4.78, 5) is 31.9. The van der Waals surface area contributed by atoms with E-state index in [1.807, 2.05) is 46.2 Å². The molecule has 35 heavy (non-hydrogen) atoms. The maximum absolute atomic E-state index is 13.1. The summed E-state index contributed by atoms with van der Waals surface area (Å²) in [6, 6.07) is 15.9. The van der Waals surface area contributed by atoms with E-state index in [9.17, 15) is 9.59 Å². The van der Waals surface area contributed by atoms with Crippen LogP contribution >= 0.6 is 0 Å². The molecule has 6 nitrogen and oxygen atoms in total. The van der Waals surface area contributed by atoms with Crippen LogP contribution in [0.4, 0.5) is 5.69 Å². The van der Waals surface area contributed by atoms with Gasteiger partial charge in [-0.1, -0.05) is 31.0 Å². The number of hydrogen-bond acceptors (Lipinski definition) is 4. The van der Waals surface area contributed by atoms with Crippen molar-refractivity contribution < 1.29 is 14.3 Å². The summed E-state index contributed by atoms with van der Waals surface area (Å²) in [5, 5.41) is 0. The lowest BCUT2D eigenvalue weighted by Gasteiger charge is -2.41. The number of likely N-dealkylation sites (tertiary alicyclic amines) is 1. The summed E-state index contributed by atoms with van der Waals surface area (Å²) in [6.45, 7) is 3.18. The fourth-order valence-corrected chi connectivity index (χ4v) is 5.13. The number of ether oxygens (including phenoxy) is 1. The van der Waals surface area contributed by atoms with E-state index >= 15 is 0 Å². The van der Waals surface area contributed by atoms with Gasteiger partial charge in [0.05, 0.1) is 6.61 Å². The monoisotopic (exact) mass is 477 g/mol. The molecule has 0 unspecified atom stereocenters. The molecule has 2 aromatic carbocycles. The van der Waals surface area contributed by atoms with Crippen molar-refractivity contribution >= 4 is 17.5 Å². The molecule has 4 rings (SSSR count). The van der Waals surface area contributed by atoms with E-state index in [2.05, 4.69) is 31.1 Å². The molecule has 0 aliphatic carbocycles. The number of para-hydroxylation sites is 1. The number of amides is 2. The summed E-state index contributed by atoms with van der Waals surface area (Å²) in [5.74, 6) is 1.08. The largest absolute Gasteiger partial charge is 0.494 e. The van der Waals surface area contributed by atoms with Crippen molar-refractivity contribution in [1.82, 2.24) is 9.80 Å². The number of aryl methyl sites for hydroxylation is 1. The van der Waals surface area contributed by atoms with Crippen molar-refractivity contribution in [3.05, 3.63) is 59.7 Å². The number of rotatable bonds is 10. The molecule has 0 spiro atoms. The van der Waals surface area contributed by atoms with Gasteiger partial charge < -0.3 is 19.4 Å². The van der Waals surface area contributed by atoms with Crippen LogP contribution in [-0.4, -0.2) is 68.0 Å². The average molecular weight is 478 g/mol. The minimum absolute atomic E-state index is 0.0567. The minimum Gasteiger partial charge on any atom is -0.494 e. The minimum atomic E-state index is 0.0567. The number of fused-ring (bicyclic) bond motifs is 1. The second kappa shape index (κ2) is 12.2. The van der Waals surface area contributed by atoms with E-state index in [-0.39, 0.29) is 17.9 Å². The number of hydrogen-bond donors (Lipinski definition) is 0. The molecule has 2 amide bonds. The molecule has 188 valence electrons. The topological polar surface area (TPSA) is 53.1 Å². The third-order valence-electron chi connectivity index (χ3n) is 7.11. The number of piperidine rings is 1. The van der Waals surface area contributed by atoms with Gasteiger partial charge in [0, 0.05) is 36.8 Å². The van der Waals surface area contributed by atoms with Crippen molar-refractivity contribution in [3.63, 3.8) is 0 Å². The number of carbonyl (C=O) groups excluding carboxylic acids is 2. The van der Waals surface area contributed by atoms with Gasteiger partial charge in [0.25, 0.3) is 5.91 Å². The molecule has 2 aliphatic rings. The third-order valence-corrected chi connectivity index (χ3v) is 7.11. The van der Waals surface area contributed by atoms with E-state index in [0.717, 1.165) is 43.7 Å². The molecule has 0 atom stereocenters. The maximum Gasteiger partial charge on any atom is 0.253 e. The Morgan fingerprint density at radius 1 is 0.943 bits per heavy atom. The molecule has 0 N–H and O–H groups in total. The molecule has 0 saturated carbocycles. The summed E-state index contributed by atoms with van der Waals surface area (Å²) in [7, 11) is 4.22. The van der Waals surface area contributed by atoms with Gasteiger partial charge in [-0.2, -0.15) is 0 Å². The molecular weight excluding hydrogens is 438 g/mol. The van der Waals surface area contributed by atoms with E-state index in [1.54, 1.807) is 0 Å². The molecule has 1 fully saturated rings. The van der Waals surface area contributed by atoms with Crippen LogP contribution in [0.15, 0.2) is 48.5 Å². The molecule has 0 radical (unpaired) electrons. The Kier molecular flexibility index (Phi) is 8.80. The number of carbonyl (C=O) groups is 2. The summed E-state index contributed by atoms with van der Waals surface area (Å²) in [6.07, 6.45) is 7.68. The predicted molar refractivity (Wildman–Crippen MR) is 140 cm³/mol. The van der Waals surface area contributed by atoms with Gasteiger partial charge in [0.15, 0.2) is 0 Å². The lowest BCUT2D eigenvalue weighted by Crippen LogP contribution is -2.50. The van der Waals surface area contributed by atoms with Gasteiger partial charge in [-0.15, -0.1) is 0 Å². The highest BCUT2D eigenvalue weighted by molar-refractivity contribution is 5.97. The SMILES string of the molecule is CN(C)CCCCCCOc1ccc(C(=O)N2CCC(N3C(=O)CCc4ccccc43)CC2)cc1. The molecule has 0 aromatic heterocycles. The van der Waals surface area contributed by atoms with E-state index < -0.39 is 0 Å². The lowest BCUT2D eigenvalue weighted by molar-refractivity contribution is -0.119. The van der Waals surface area contributed by atoms with Crippen LogP contribution in [0, 0.1) is 0 Å². The Morgan fingerprint density at radius 2 is 1.66 bits per heavy atom. The van der Waals surface area contributed by atoms with Crippen LogP contribution in [0.5, 0.6) is 5.75 Å². The Hall–Kier alpha value is -2.86. The Labute approximate surface area is 209 Å². The maximum atomic E-state index is 13.1. The van der Waals surface area contributed by atoms with Crippen LogP contribution in [0.2, 0.25) is 0 Å². The summed E-state index contributed by atoms with van der Waals surface area (Å²) >= 11 is 0. The quantitative estimate of drug-likeness (QED) is 0.463. The van der Waals surface area contributed by atoms with Crippen LogP contribution in [0.3, 0.4) is 0 Å². The number of anilines is 1. The summed E-state index contributed by atoms with van der Waals surface area (Å²) in [5.41, 5.74) is 2.99. The summed E-state index contributed by atoms with van der Waals surface area (Å²) < 4.78 is 5.86. The average Bonchev–Trinajstić information content (AvgIpc) is 2.88. The predicted octanol–water partition coefficient (Wildman–Crippen LogP) is 4.77. The zero-order valence-electron chi connectivity index (χ0n) is 21.2. The van der Waals surface area contributed by atoms with Crippen LogP contribution < -0.4 is 9.64 Å². The first-order valence-corrected chi connectivity index (χ1v) is 13.1. The molecule has 2 aliphatic heterocycles. The zero-order valence-corrected chi connectivity index (χ0v) is 21.2.